The first-order valence-corrected chi connectivity index (χ1v) is 17.9. The van der Waals surface area contributed by atoms with Crippen LogP contribution in [0.4, 0.5) is 0 Å². The third-order valence-corrected chi connectivity index (χ3v) is 8.80. The fraction of sp³-hybridized carbons (Fsp3) is 0.514. The van der Waals surface area contributed by atoms with Crippen molar-refractivity contribution in [1.82, 2.24) is 39.9 Å². The number of phenols is 1. The van der Waals surface area contributed by atoms with Gasteiger partial charge in [0.2, 0.25) is 29.5 Å². The molecule has 1 saturated heterocycles. The van der Waals surface area contributed by atoms with Gasteiger partial charge in [0.25, 0.3) is 0 Å². The fourth-order valence-corrected chi connectivity index (χ4v) is 5.81. The summed E-state index contributed by atoms with van der Waals surface area (Å²) < 4.78 is 0.445. The summed E-state index contributed by atoms with van der Waals surface area (Å²) in [7, 11) is 0. The van der Waals surface area contributed by atoms with Crippen LogP contribution in [0.1, 0.15) is 11.1 Å². The number of carbonyl (C=O) groups excluding carboxylic acids is 4. The Hall–Kier alpha value is -5.97. The molecule has 2 heterocycles. The van der Waals surface area contributed by atoms with Crippen molar-refractivity contribution in [2.75, 3.05) is 105 Å². The van der Waals surface area contributed by atoms with Crippen LogP contribution in [0.2, 0.25) is 0 Å². The predicted octanol–water partition coefficient (Wildman–Crippen LogP) is -3.35. The molecule has 0 spiro atoms. The summed E-state index contributed by atoms with van der Waals surface area (Å²) in [6, 6.07) is 6.72. The smallest absolute Gasteiger partial charge is 0.352 e. The molecule has 8 N–H and O–H groups in total. The minimum absolute atomic E-state index is 0.0300. The minimum atomic E-state index is -1.09. The number of carboxylic acids is 3. The van der Waals surface area contributed by atoms with E-state index in [1.54, 1.807) is 38.7 Å². The molecule has 0 unspecified atom stereocenters. The molecule has 2 aromatic rings. The van der Waals surface area contributed by atoms with Crippen LogP contribution in [0.15, 0.2) is 30.3 Å². The van der Waals surface area contributed by atoms with Crippen LogP contribution in [0.25, 0.3) is 0 Å². The summed E-state index contributed by atoms with van der Waals surface area (Å²) in [5.41, 5.74) is 1.06. The van der Waals surface area contributed by atoms with Crippen LogP contribution in [0.3, 0.4) is 0 Å². The van der Waals surface area contributed by atoms with E-state index in [1.165, 1.54) is 6.07 Å². The van der Waals surface area contributed by atoms with Crippen molar-refractivity contribution in [2.24, 2.45) is 0 Å². The zero-order valence-corrected chi connectivity index (χ0v) is 31.5. The van der Waals surface area contributed by atoms with Gasteiger partial charge < -0.3 is 51.0 Å². The zero-order chi connectivity index (χ0) is 42.1. The van der Waals surface area contributed by atoms with Gasteiger partial charge in [0.15, 0.2) is 0 Å². The molecule has 1 aromatic carbocycles. The molecule has 57 heavy (non-hydrogen) atoms. The Balaban J connectivity index is 1.66. The molecule has 314 valence electrons. The maximum atomic E-state index is 13.4. The molecule has 1 aromatic heterocycles. The number of amides is 3. The summed E-state index contributed by atoms with van der Waals surface area (Å²) >= 11 is 0. The van der Waals surface area contributed by atoms with Crippen molar-refractivity contribution in [3.63, 3.8) is 0 Å². The van der Waals surface area contributed by atoms with E-state index in [0.717, 1.165) is 17.0 Å². The van der Waals surface area contributed by atoms with Crippen molar-refractivity contribution in [1.29, 1.82) is 0 Å². The van der Waals surface area contributed by atoms with E-state index < -0.39 is 66.4 Å². The average Bonchev–Trinajstić information content (AvgIpc) is 3.44. The van der Waals surface area contributed by atoms with E-state index in [1.807, 2.05) is 0 Å². The van der Waals surface area contributed by atoms with Crippen LogP contribution >= 0.6 is 0 Å². The van der Waals surface area contributed by atoms with E-state index in [-0.39, 0.29) is 104 Å². The second kappa shape index (κ2) is 22.6. The monoisotopic (exact) mass is 806 g/mol. The molecule has 0 atom stereocenters. The lowest BCUT2D eigenvalue weighted by Crippen LogP contribution is -2.50. The summed E-state index contributed by atoms with van der Waals surface area (Å²) in [6.45, 7) is 0.731. The van der Waals surface area contributed by atoms with Crippen LogP contribution in [0, 0.1) is 6.92 Å². The van der Waals surface area contributed by atoms with Crippen LogP contribution in [-0.4, -0.2) is 206 Å². The molecule has 0 aliphatic carbocycles. The van der Waals surface area contributed by atoms with E-state index >= 15 is 0 Å². The van der Waals surface area contributed by atoms with Crippen LogP contribution in [-0.2, 0) is 40.0 Å². The molecule has 3 rings (SSSR count). The van der Waals surface area contributed by atoms with Gasteiger partial charge in [-0.25, -0.2) is 4.79 Å². The third-order valence-electron chi connectivity index (χ3n) is 8.80. The van der Waals surface area contributed by atoms with Gasteiger partial charge in [0.05, 0.1) is 39.1 Å². The highest BCUT2D eigenvalue weighted by Crippen LogP contribution is 2.19. The molecule has 1 aliphatic heterocycles. The second-order valence-electron chi connectivity index (χ2n) is 13.3. The highest BCUT2D eigenvalue weighted by molar-refractivity contribution is 5.88. The number of aliphatic carboxylic acids is 3. The van der Waals surface area contributed by atoms with Gasteiger partial charge in [-0.1, -0.05) is 12.1 Å². The lowest BCUT2D eigenvalue weighted by molar-refractivity contribution is -0.146. The summed E-state index contributed by atoms with van der Waals surface area (Å²) in [6.07, 6.45) is -0.169. The Morgan fingerprint density at radius 1 is 0.667 bits per heavy atom. The number of benzene rings is 1. The van der Waals surface area contributed by atoms with Gasteiger partial charge in [-0.3, -0.25) is 48.4 Å². The quantitative estimate of drug-likeness (QED) is 0.0730. The van der Waals surface area contributed by atoms with Gasteiger partial charge in [0, 0.05) is 77.6 Å². The number of aryl methyl sites for hydroxylation is 1. The summed E-state index contributed by atoms with van der Waals surface area (Å²) in [5, 5.41) is 62.5. The van der Waals surface area contributed by atoms with Gasteiger partial charge in [-0.05, 0) is 24.1 Å². The van der Waals surface area contributed by atoms with Gasteiger partial charge in [-0.2, -0.15) is 0 Å². The number of carboxylic acid groups (broad SMARTS) is 3. The number of hydrogen-bond acceptors (Lipinski definition) is 15. The van der Waals surface area contributed by atoms with Gasteiger partial charge in [-0.15, -0.1) is 4.73 Å². The highest BCUT2D eigenvalue weighted by atomic mass is 16.7. The molecular weight excluding hydrogens is 756 g/mol. The second-order valence-corrected chi connectivity index (χ2v) is 13.3. The molecule has 0 bridgehead atoms. The average molecular weight is 807 g/mol. The number of aromatic nitrogens is 1. The summed E-state index contributed by atoms with van der Waals surface area (Å²) in [5.74, 6) is -7.16. The van der Waals surface area contributed by atoms with Crippen molar-refractivity contribution in [3.8, 4) is 17.5 Å². The molecular formula is C35H50N8O14. The maximum absolute atomic E-state index is 13.4. The van der Waals surface area contributed by atoms with E-state index in [0.29, 0.717) is 15.9 Å². The lowest BCUT2D eigenvalue weighted by Gasteiger charge is -2.32. The van der Waals surface area contributed by atoms with Crippen molar-refractivity contribution in [2.45, 2.75) is 13.3 Å². The number of rotatable bonds is 18. The normalized spacial score (nSPS) is 15.1. The number of nitrogens with one attached hydrogen (secondary N) is 2. The molecule has 22 heteroatoms. The zero-order valence-electron chi connectivity index (χ0n) is 31.5. The molecule has 1 fully saturated rings. The van der Waals surface area contributed by atoms with Crippen molar-refractivity contribution in [3.05, 3.63) is 41.5 Å². The summed E-state index contributed by atoms with van der Waals surface area (Å²) in [4.78, 5) is 98.9. The topological polar surface area (TPSA) is 295 Å². The van der Waals surface area contributed by atoms with Gasteiger partial charge in [0.1, 0.15) is 12.3 Å². The number of hydrogen-bond donors (Lipinski definition) is 8. The Bertz CT molecular complexity index is 1690. The standard InChI is InChI=1S/C35H50N8O14/c1-24-16-25(2-3-26(24)44)17-31(49)42(20-28(46)37-18-35(56)57-43-29(47)4-5-30(43)48)7-6-36-27(45)19-38-8-10-39(21-32(50)51)12-14-41(23-34(54)55)15-13-40(11-9-38)22-33(52)53/h2-5,16,44,47-48H,6-15,17-23H2,1H3,(H,36,45)(H,37,46)(H,50,51)(H,52,53)(H,54,55). The Morgan fingerprint density at radius 2 is 1.14 bits per heavy atom. The maximum Gasteiger partial charge on any atom is 0.352 e. The lowest BCUT2D eigenvalue weighted by atomic mass is 10.1. The minimum Gasteiger partial charge on any atom is -0.508 e. The number of phenolic OH excluding ortho intramolecular Hbond substituents is 1. The first kappa shape index (κ1) is 45.4. The molecule has 0 radical (unpaired) electrons. The number of nitrogens with zero attached hydrogens (tertiary/aromatic N) is 6. The highest BCUT2D eigenvalue weighted by Gasteiger charge is 2.23. The Kier molecular flexibility index (Phi) is 18.0. The first-order chi connectivity index (χ1) is 27.0. The van der Waals surface area contributed by atoms with E-state index in [4.69, 9.17) is 4.84 Å². The molecule has 1 aliphatic rings. The van der Waals surface area contributed by atoms with Gasteiger partial charge >= 0.3 is 23.9 Å². The Morgan fingerprint density at radius 3 is 1.60 bits per heavy atom. The fourth-order valence-electron chi connectivity index (χ4n) is 5.81. The third kappa shape index (κ3) is 16.7. The van der Waals surface area contributed by atoms with E-state index in [9.17, 15) is 64.2 Å². The van der Waals surface area contributed by atoms with Crippen LogP contribution in [0.5, 0.6) is 17.5 Å². The Labute approximate surface area is 327 Å². The number of aromatic hydroxyl groups is 3. The van der Waals surface area contributed by atoms with E-state index in [2.05, 4.69) is 10.6 Å². The van der Waals surface area contributed by atoms with Crippen molar-refractivity contribution < 1.29 is 69.0 Å². The number of carbonyl (C=O) groups is 7. The molecule has 22 nitrogen and oxygen atoms in total. The predicted molar refractivity (Wildman–Crippen MR) is 197 cm³/mol. The SMILES string of the molecule is Cc1cc(CC(=O)N(CCNC(=O)CN2CCN(CC(=O)O)CCN(CC(=O)O)CCN(CC(=O)O)CC2)CC(=O)NCC(=O)On2c(O)ccc2O)ccc1O. The largest absolute Gasteiger partial charge is 0.508 e. The van der Waals surface area contributed by atoms with Crippen LogP contribution < -0.4 is 15.5 Å². The van der Waals surface area contributed by atoms with Crippen molar-refractivity contribution >= 4 is 41.6 Å². The molecule has 3 amide bonds. The molecule has 0 saturated carbocycles. The first-order valence-electron chi connectivity index (χ1n) is 17.9.